The Hall–Kier alpha value is -2.25. The summed E-state index contributed by atoms with van der Waals surface area (Å²) in [6.45, 7) is 1.43. The Morgan fingerprint density at radius 1 is 1.33 bits per heavy atom. The van der Waals surface area contributed by atoms with Crippen LogP contribution in [-0.2, 0) is 19.2 Å². The van der Waals surface area contributed by atoms with Crippen molar-refractivity contribution in [3.05, 3.63) is 0 Å². The number of carboxylic acid groups (broad SMARTS) is 1. The topological polar surface area (TPSA) is 151 Å². The Morgan fingerprint density at radius 3 is 2.52 bits per heavy atom. The molecule has 0 radical (unpaired) electrons. The number of carbonyl (C=O) groups excluding carboxylic acids is 3. The van der Waals surface area contributed by atoms with Crippen LogP contribution in [0.5, 0.6) is 0 Å². The van der Waals surface area contributed by atoms with E-state index in [1.54, 1.807) is 0 Å². The van der Waals surface area contributed by atoms with Gasteiger partial charge in [-0.15, -0.1) is 0 Å². The van der Waals surface area contributed by atoms with E-state index in [0.29, 0.717) is 19.4 Å². The molecule has 118 valence electrons. The van der Waals surface area contributed by atoms with Crippen LogP contribution in [0, 0.1) is 0 Å². The molecule has 0 aliphatic rings. The zero-order valence-corrected chi connectivity index (χ0v) is 11.8. The molecule has 0 aromatic rings. The third kappa shape index (κ3) is 8.51. The Balaban J connectivity index is 4.22. The van der Waals surface area contributed by atoms with Crippen LogP contribution in [-0.4, -0.2) is 54.1 Å². The Bertz CT molecular complexity index is 420. The second-order valence-corrected chi connectivity index (χ2v) is 4.36. The summed E-state index contributed by atoms with van der Waals surface area (Å²) in [5, 5.41) is 13.5. The normalized spacial score (nSPS) is 12.7. The maximum atomic E-state index is 11.6. The van der Waals surface area contributed by atoms with Crippen molar-refractivity contribution in [3.8, 4) is 0 Å². The van der Waals surface area contributed by atoms with Gasteiger partial charge in [-0.2, -0.15) is 4.99 Å². The summed E-state index contributed by atoms with van der Waals surface area (Å²) >= 11 is 0. The molecule has 5 N–H and O–H groups in total. The van der Waals surface area contributed by atoms with Crippen LogP contribution in [0.15, 0.2) is 4.99 Å². The molecular formula is C12H20N4O5. The van der Waals surface area contributed by atoms with Gasteiger partial charge >= 0.3 is 5.97 Å². The number of unbranched alkanes of at least 4 members (excludes halogenated alkanes) is 1. The molecule has 0 fully saturated rings. The van der Waals surface area contributed by atoms with Crippen LogP contribution in [0.1, 0.15) is 26.2 Å². The number of hydrogen-bond acceptors (Lipinski definition) is 6. The quantitative estimate of drug-likeness (QED) is 0.219. The number of carboxylic acids is 1. The average Bonchev–Trinajstić information content (AvgIpc) is 2.43. The number of nitrogens with two attached hydrogens (primary N) is 1. The standard InChI is InChI=1S/C12H20N4O5/c1-8(15-7-17)11(19)14-6-10(18)16-9(12(20)21)4-2-3-5-13/h8-9H,2-6,13H2,1H3,(H,14,19)(H,16,18)(H,20,21)/t8-,9-/m0/s1. The second kappa shape index (κ2) is 10.5. The molecule has 0 rings (SSSR count). The number of isocyanates is 1. The average molecular weight is 300 g/mol. The molecule has 21 heavy (non-hydrogen) atoms. The number of amides is 2. The fourth-order valence-corrected chi connectivity index (χ4v) is 1.45. The molecule has 2 amide bonds. The summed E-state index contributed by atoms with van der Waals surface area (Å²) in [5.74, 6) is -2.40. The van der Waals surface area contributed by atoms with Crippen LogP contribution in [0.3, 0.4) is 0 Å². The Kier molecular flexibility index (Phi) is 9.40. The van der Waals surface area contributed by atoms with Crippen molar-refractivity contribution in [2.45, 2.75) is 38.3 Å². The SMILES string of the molecule is C[C@H](N=C=O)C(=O)NCC(=O)N[C@@H](CCCCN)C(=O)O. The largest absolute Gasteiger partial charge is 0.480 e. The number of nitrogens with zero attached hydrogens (tertiary/aromatic N) is 1. The third-order valence-corrected chi connectivity index (χ3v) is 2.63. The van der Waals surface area contributed by atoms with E-state index in [4.69, 9.17) is 10.8 Å². The van der Waals surface area contributed by atoms with E-state index in [-0.39, 0.29) is 6.42 Å². The van der Waals surface area contributed by atoms with E-state index < -0.39 is 36.4 Å². The first-order valence-corrected chi connectivity index (χ1v) is 6.49. The van der Waals surface area contributed by atoms with Crippen LogP contribution < -0.4 is 16.4 Å². The number of aliphatic imine (C=N–C) groups is 1. The summed E-state index contributed by atoms with van der Waals surface area (Å²) in [6.07, 6.45) is 2.74. The van der Waals surface area contributed by atoms with Gasteiger partial charge in [-0.3, -0.25) is 9.59 Å². The van der Waals surface area contributed by atoms with Crippen LogP contribution in [0.4, 0.5) is 0 Å². The zero-order chi connectivity index (χ0) is 16.3. The highest BCUT2D eigenvalue weighted by atomic mass is 16.4. The Morgan fingerprint density at radius 2 is 2.00 bits per heavy atom. The minimum absolute atomic E-state index is 0.262. The van der Waals surface area contributed by atoms with E-state index >= 15 is 0 Å². The molecular weight excluding hydrogens is 280 g/mol. The molecule has 0 unspecified atom stereocenters. The number of nitrogens with one attached hydrogen (secondary N) is 2. The maximum Gasteiger partial charge on any atom is 0.326 e. The molecule has 0 heterocycles. The third-order valence-electron chi connectivity index (χ3n) is 2.63. The van der Waals surface area contributed by atoms with Gasteiger partial charge in [0.05, 0.1) is 6.54 Å². The molecule has 0 spiro atoms. The number of rotatable bonds is 10. The van der Waals surface area contributed by atoms with Crippen molar-refractivity contribution in [1.82, 2.24) is 10.6 Å². The van der Waals surface area contributed by atoms with Gasteiger partial charge in [-0.05, 0) is 32.7 Å². The predicted molar refractivity (Wildman–Crippen MR) is 73.1 cm³/mol. The first-order chi connectivity index (χ1) is 9.92. The smallest absolute Gasteiger partial charge is 0.326 e. The summed E-state index contributed by atoms with van der Waals surface area (Å²) in [5.41, 5.74) is 5.31. The molecule has 0 saturated heterocycles. The summed E-state index contributed by atoms with van der Waals surface area (Å²) in [4.78, 5) is 47.1. The molecule has 2 atom stereocenters. The van der Waals surface area contributed by atoms with Crippen molar-refractivity contribution in [2.24, 2.45) is 10.7 Å². The molecule has 0 saturated carbocycles. The highest BCUT2D eigenvalue weighted by Gasteiger charge is 2.20. The fraction of sp³-hybridized carbons (Fsp3) is 0.667. The molecule has 0 aliphatic heterocycles. The van der Waals surface area contributed by atoms with E-state index in [1.807, 2.05) is 0 Å². The first-order valence-electron chi connectivity index (χ1n) is 6.49. The Labute approximate surface area is 122 Å². The highest BCUT2D eigenvalue weighted by Crippen LogP contribution is 2.00. The minimum atomic E-state index is -1.15. The first kappa shape index (κ1) is 18.8. The number of aliphatic carboxylic acids is 1. The molecule has 0 aromatic heterocycles. The van der Waals surface area contributed by atoms with E-state index in [2.05, 4.69) is 15.6 Å². The monoisotopic (exact) mass is 300 g/mol. The maximum absolute atomic E-state index is 11.6. The van der Waals surface area contributed by atoms with Crippen LogP contribution in [0.2, 0.25) is 0 Å². The second-order valence-electron chi connectivity index (χ2n) is 4.36. The van der Waals surface area contributed by atoms with Gasteiger partial charge in [0, 0.05) is 0 Å². The predicted octanol–water partition coefficient (Wildman–Crippen LogP) is -1.47. The molecule has 9 heteroatoms. The van der Waals surface area contributed by atoms with E-state index in [9.17, 15) is 19.2 Å². The van der Waals surface area contributed by atoms with E-state index in [1.165, 1.54) is 13.0 Å². The van der Waals surface area contributed by atoms with Crippen LogP contribution >= 0.6 is 0 Å². The zero-order valence-electron chi connectivity index (χ0n) is 11.8. The highest BCUT2D eigenvalue weighted by molar-refractivity contribution is 5.89. The minimum Gasteiger partial charge on any atom is -0.480 e. The van der Waals surface area contributed by atoms with Crippen molar-refractivity contribution >= 4 is 23.9 Å². The van der Waals surface area contributed by atoms with Gasteiger partial charge in [0.25, 0.3) is 0 Å². The summed E-state index contributed by atoms with van der Waals surface area (Å²) in [7, 11) is 0. The summed E-state index contributed by atoms with van der Waals surface area (Å²) in [6, 6.07) is -1.97. The number of hydrogen-bond donors (Lipinski definition) is 4. The lowest BCUT2D eigenvalue weighted by atomic mass is 10.1. The van der Waals surface area contributed by atoms with Gasteiger partial charge in [-0.1, -0.05) is 0 Å². The lowest BCUT2D eigenvalue weighted by molar-refractivity contribution is -0.142. The van der Waals surface area contributed by atoms with Gasteiger partial charge in [0.15, 0.2) is 0 Å². The van der Waals surface area contributed by atoms with Crippen molar-refractivity contribution in [3.63, 3.8) is 0 Å². The van der Waals surface area contributed by atoms with Crippen molar-refractivity contribution in [1.29, 1.82) is 0 Å². The lowest BCUT2D eigenvalue weighted by Gasteiger charge is -2.14. The fourth-order valence-electron chi connectivity index (χ4n) is 1.45. The lowest BCUT2D eigenvalue weighted by Crippen LogP contribution is -2.46. The molecule has 0 bridgehead atoms. The molecule has 0 aliphatic carbocycles. The van der Waals surface area contributed by atoms with Gasteiger partial charge < -0.3 is 21.5 Å². The van der Waals surface area contributed by atoms with Crippen molar-refractivity contribution < 1.29 is 24.3 Å². The van der Waals surface area contributed by atoms with Gasteiger partial charge in [0.1, 0.15) is 12.1 Å². The molecule has 9 nitrogen and oxygen atoms in total. The number of carbonyl (C=O) groups is 3. The molecule has 0 aromatic carbocycles. The van der Waals surface area contributed by atoms with Crippen molar-refractivity contribution in [2.75, 3.05) is 13.1 Å². The van der Waals surface area contributed by atoms with Gasteiger partial charge in [-0.25, -0.2) is 9.59 Å². The van der Waals surface area contributed by atoms with Gasteiger partial charge in [0.2, 0.25) is 17.9 Å². The van der Waals surface area contributed by atoms with Crippen LogP contribution in [0.25, 0.3) is 0 Å². The van der Waals surface area contributed by atoms with E-state index in [0.717, 1.165) is 0 Å². The summed E-state index contributed by atoms with van der Waals surface area (Å²) < 4.78 is 0.